The topological polar surface area (TPSA) is 114 Å². The maximum absolute atomic E-state index is 13.1. The van der Waals surface area contributed by atoms with E-state index in [2.05, 4.69) is 15.6 Å². The molecule has 3 N–H and O–H groups in total. The van der Waals surface area contributed by atoms with Crippen molar-refractivity contribution in [3.63, 3.8) is 0 Å². The number of hydrogen-bond acceptors (Lipinski definition) is 6. The van der Waals surface area contributed by atoms with Crippen molar-refractivity contribution in [1.82, 2.24) is 4.98 Å². The summed E-state index contributed by atoms with van der Waals surface area (Å²) in [6, 6.07) is 20.5. The van der Waals surface area contributed by atoms with Crippen LogP contribution < -0.4 is 45.3 Å². The number of carbonyl (C=O) groups excluding carboxylic acids is 2. The van der Waals surface area contributed by atoms with Gasteiger partial charge in [0, 0.05) is 41.3 Å². The number of pyridine rings is 1. The molecule has 0 atom stereocenters. The SMILES string of the molecule is CCNc1ccccc1-c1ccc(C(=O)[O-])c(NC(=O)c2cc(-c3cccnc3)ccc2O)c1.[Na+]. The van der Waals surface area contributed by atoms with Crippen molar-refractivity contribution in [1.29, 1.82) is 0 Å². The van der Waals surface area contributed by atoms with Gasteiger partial charge in [-0.15, -0.1) is 0 Å². The Labute approximate surface area is 225 Å². The van der Waals surface area contributed by atoms with Crippen molar-refractivity contribution in [2.75, 3.05) is 17.2 Å². The number of carboxylic acids is 1. The molecule has 7 nitrogen and oxygen atoms in total. The molecule has 0 aliphatic rings. The molecule has 3 aromatic carbocycles. The van der Waals surface area contributed by atoms with E-state index in [9.17, 15) is 19.8 Å². The molecule has 0 saturated heterocycles. The fraction of sp³-hybridized carbons (Fsp3) is 0.0741. The number of nitrogens with one attached hydrogen (secondary N) is 2. The third-order valence-electron chi connectivity index (χ3n) is 5.33. The van der Waals surface area contributed by atoms with Gasteiger partial charge in [-0.2, -0.15) is 0 Å². The van der Waals surface area contributed by atoms with Gasteiger partial charge in [-0.1, -0.05) is 42.5 Å². The first-order valence-electron chi connectivity index (χ1n) is 10.7. The van der Waals surface area contributed by atoms with E-state index in [1.54, 1.807) is 36.7 Å². The van der Waals surface area contributed by atoms with Gasteiger partial charge < -0.3 is 25.6 Å². The Morgan fingerprint density at radius 2 is 1.66 bits per heavy atom. The van der Waals surface area contributed by atoms with Gasteiger partial charge in [-0.25, -0.2) is 0 Å². The van der Waals surface area contributed by atoms with Crippen molar-refractivity contribution in [3.8, 4) is 28.0 Å². The van der Waals surface area contributed by atoms with E-state index in [0.717, 1.165) is 16.8 Å². The predicted molar refractivity (Wildman–Crippen MR) is 130 cm³/mol. The molecule has 0 radical (unpaired) electrons. The summed E-state index contributed by atoms with van der Waals surface area (Å²) in [5.74, 6) is -2.30. The average molecular weight is 475 g/mol. The van der Waals surface area contributed by atoms with Crippen LogP contribution in [-0.4, -0.2) is 28.5 Å². The summed E-state index contributed by atoms with van der Waals surface area (Å²) in [4.78, 5) is 28.9. The number of aromatic hydroxyl groups is 1. The Kier molecular flexibility index (Phi) is 8.65. The number of anilines is 2. The van der Waals surface area contributed by atoms with Gasteiger partial charge in [0.1, 0.15) is 5.75 Å². The zero-order valence-electron chi connectivity index (χ0n) is 19.4. The Hall–Kier alpha value is -3.65. The molecule has 170 valence electrons. The molecule has 1 aromatic heterocycles. The number of para-hydroxylation sites is 1. The average Bonchev–Trinajstić information content (AvgIpc) is 2.85. The summed E-state index contributed by atoms with van der Waals surface area (Å²) in [7, 11) is 0. The van der Waals surface area contributed by atoms with Crippen LogP contribution >= 0.6 is 0 Å². The van der Waals surface area contributed by atoms with Crippen LogP contribution in [0.25, 0.3) is 22.3 Å². The Morgan fingerprint density at radius 3 is 2.37 bits per heavy atom. The molecule has 1 amide bonds. The van der Waals surface area contributed by atoms with E-state index in [4.69, 9.17) is 0 Å². The molecule has 4 rings (SSSR count). The fourth-order valence-corrected chi connectivity index (χ4v) is 3.69. The third-order valence-corrected chi connectivity index (χ3v) is 5.33. The number of carbonyl (C=O) groups is 2. The van der Waals surface area contributed by atoms with E-state index in [1.165, 1.54) is 18.2 Å². The number of nitrogens with zero attached hydrogens (tertiary/aromatic N) is 1. The van der Waals surface area contributed by atoms with Gasteiger partial charge in [0.05, 0.1) is 17.2 Å². The summed E-state index contributed by atoms with van der Waals surface area (Å²) < 4.78 is 0. The Bertz CT molecular complexity index is 1360. The number of phenolic OH excluding ortho intramolecular Hbond substituents is 1. The van der Waals surface area contributed by atoms with E-state index in [0.29, 0.717) is 17.7 Å². The number of carboxylic acid groups (broad SMARTS) is 1. The number of rotatable bonds is 7. The smallest absolute Gasteiger partial charge is 0.545 e. The van der Waals surface area contributed by atoms with Gasteiger partial charge in [-0.05, 0) is 48.4 Å². The molecular weight excluding hydrogens is 453 g/mol. The predicted octanol–water partition coefficient (Wildman–Crippen LogP) is 1.17. The minimum absolute atomic E-state index is 0. The number of aromatic carboxylic acids is 1. The Morgan fingerprint density at radius 1 is 0.886 bits per heavy atom. The molecule has 0 saturated carbocycles. The van der Waals surface area contributed by atoms with Crippen LogP contribution in [0.4, 0.5) is 11.4 Å². The van der Waals surface area contributed by atoms with Crippen LogP contribution in [0.2, 0.25) is 0 Å². The first-order chi connectivity index (χ1) is 16.5. The minimum atomic E-state index is -1.42. The molecule has 0 spiro atoms. The molecule has 1 heterocycles. The fourth-order valence-electron chi connectivity index (χ4n) is 3.69. The molecule has 0 fully saturated rings. The molecular formula is C27H22N3NaO4. The molecule has 0 aliphatic heterocycles. The maximum Gasteiger partial charge on any atom is 1.00 e. The van der Waals surface area contributed by atoms with Crippen molar-refractivity contribution < 1.29 is 49.4 Å². The van der Waals surface area contributed by atoms with Gasteiger partial charge in [-0.3, -0.25) is 9.78 Å². The summed E-state index contributed by atoms with van der Waals surface area (Å²) in [6.45, 7) is 2.69. The molecule has 0 bridgehead atoms. The second-order valence-electron chi connectivity index (χ2n) is 7.55. The van der Waals surface area contributed by atoms with E-state index in [-0.39, 0.29) is 52.1 Å². The molecule has 35 heavy (non-hydrogen) atoms. The first-order valence-corrected chi connectivity index (χ1v) is 10.7. The maximum atomic E-state index is 13.1. The van der Waals surface area contributed by atoms with E-state index >= 15 is 0 Å². The monoisotopic (exact) mass is 475 g/mol. The normalized spacial score (nSPS) is 10.2. The molecule has 0 unspecified atom stereocenters. The third kappa shape index (κ3) is 5.89. The number of phenols is 1. The largest absolute Gasteiger partial charge is 1.00 e. The Balaban J connectivity index is 0.00000342. The van der Waals surface area contributed by atoms with Crippen LogP contribution in [0, 0.1) is 0 Å². The standard InChI is InChI=1S/C27H23N3O4.Na/c1-2-29-23-8-4-3-7-20(23)18-9-11-21(27(33)34)24(15-18)30-26(32)22-14-17(10-12-25(22)31)19-6-5-13-28-16-19;/h3-16,29,31H,2H2,1H3,(H,30,32)(H,33,34);/q;+1/p-1. The summed E-state index contributed by atoms with van der Waals surface area (Å²) in [5.41, 5.74) is 3.81. The summed E-state index contributed by atoms with van der Waals surface area (Å²) in [6.07, 6.45) is 3.29. The van der Waals surface area contributed by atoms with Gasteiger partial charge >= 0.3 is 29.6 Å². The van der Waals surface area contributed by atoms with E-state index < -0.39 is 11.9 Å². The second-order valence-corrected chi connectivity index (χ2v) is 7.55. The van der Waals surface area contributed by atoms with Crippen LogP contribution in [0.5, 0.6) is 5.75 Å². The van der Waals surface area contributed by atoms with Crippen LogP contribution in [0.3, 0.4) is 0 Å². The van der Waals surface area contributed by atoms with Gasteiger partial charge in [0.25, 0.3) is 5.91 Å². The number of amides is 1. The second kappa shape index (κ2) is 11.7. The number of benzene rings is 3. The molecule has 0 aliphatic carbocycles. The molecule has 4 aromatic rings. The van der Waals surface area contributed by atoms with Crippen LogP contribution in [0.15, 0.2) is 85.2 Å². The number of hydrogen-bond donors (Lipinski definition) is 3. The summed E-state index contributed by atoms with van der Waals surface area (Å²) >= 11 is 0. The van der Waals surface area contributed by atoms with Gasteiger partial charge in [0.15, 0.2) is 0 Å². The van der Waals surface area contributed by atoms with Gasteiger partial charge in [0.2, 0.25) is 0 Å². The van der Waals surface area contributed by atoms with Crippen LogP contribution in [-0.2, 0) is 0 Å². The summed E-state index contributed by atoms with van der Waals surface area (Å²) in [5, 5.41) is 28.0. The van der Waals surface area contributed by atoms with Crippen LogP contribution in [0.1, 0.15) is 27.6 Å². The van der Waals surface area contributed by atoms with Crippen molar-refractivity contribution >= 4 is 23.3 Å². The minimum Gasteiger partial charge on any atom is -0.545 e. The zero-order valence-corrected chi connectivity index (χ0v) is 21.4. The quantitative estimate of drug-likeness (QED) is 0.346. The first kappa shape index (κ1) is 26.0. The number of aromatic nitrogens is 1. The zero-order chi connectivity index (χ0) is 24.1. The van der Waals surface area contributed by atoms with Crippen molar-refractivity contribution in [2.24, 2.45) is 0 Å². The van der Waals surface area contributed by atoms with Crippen molar-refractivity contribution in [3.05, 3.63) is 96.3 Å². The van der Waals surface area contributed by atoms with E-state index in [1.807, 2.05) is 37.3 Å². The van der Waals surface area contributed by atoms with Crippen molar-refractivity contribution in [2.45, 2.75) is 6.92 Å². The molecule has 8 heteroatoms.